The smallest absolute Gasteiger partial charge is 0.130 e. The highest BCUT2D eigenvalue weighted by Gasteiger charge is 2.25. The molecule has 25 heavy (non-hydrogen) atoms. The minimum atomic E-state index is -1.47. The molecule has 2 aromatic rings. The van der Waals surface area contributed by atoms with Crippen LogP contribution in [0.5, 0.6) is 0 Å². The molecule has 0 aliphatic carbocycles. The Morgan fingerprint density at radius 3 is 2.24 bits per heavy atom. The number of rotatable bonds is 8. The van der Waals surface area contributed by atoms with Crippen LogP contribution >= 0.6 is 0 Å². The number of halogens is 1. The standard InChI is InChI=1S/C21H26FN3/c1-21(2,22)20-11-7-6-10-19(20)18(12-23)15-25-14-17-9-5-4-8-16(17)13-24-3/h4-11,18,24-25H,13-15H2,1-3H3. The third kappa shape index (κ3) is 5.12. The zero-order chi connectivity index (χ0) is 18.3. The molecule has 0 aromatic heterocycles. The van der Waals surface area contributed by atoms with E-state index in [1.807, 2.05) is 37.4 Å². The molecule has 3 nitrogen and oxygen atoms in total. The largest absolute Gasteiger partial charge is 0.316 e. The Labute approximate surface area is 149 Å². The van der Waals surface area contributed by atoms with Gasteiger partial charge in [0.15, 0.2) is 0 Å². The molecule has 1 unspecified atom stereocenters. The van der Waals surface area contributed by atoms with Crippen molar-refractivity contribution in [3.8, 4) is 6.07 Å². The Morgan fingerprint density at radius 1 is 1.04 bits per heavy atom. The lowest BCUT2D eigenvalue weighted by molar-refractivity contribution is 0.219. The van der Waals surface area contributed by atoms with Gasteiger partial charge in [-0.3, -0.25) is 0 Å². The molecule has 0 aliphatic heterocycles. The van der Waals surface area contributed by atoms with E-state index in [0.717, 1.165) is 12.1 Å². The Kier molecular flexibility index (Phi) is 6.69. The fourth-order valence-corrected chi connectivity index (χ4v) is 3.01. The first kappa shape index (κ1) is 19.1. The lowest BCUT2D eigenvalue weighted by atomic mass is 9.88. The van der Waals surface area contributed by atoms with Crippen LogP contribution in [-0.4, -0.2) is 13.6 Å². The molecule has 132 valence electrons. The normalized spacial score (nSPS) is 12.6. The highest BCUT2D eigenvalue weighted by atomic mass is 19.1. The van der Waals surface area contributed by atoms with Crippen molar-refractivity contribution in [3.05, 3.63) is 70.8 Å². The molecular formula is C21H26FN3. The lowest BCUT2D eigenvalue weighted by Gasteiger charge is -2.22. The van der Waals surface area contributed by atoms with E-state index in [0.29, 0.717) is 18.7 Å². The Hall–Kier alpha value is -2.22. The maximum absolute atomic E-state index is 14.5. The van der Waals surface area contributed by atoms with Gasteiger partial charge in [0.25, 0.3) is 0 Å². The summed E-state index contributed by atoms with van der Waals surface area (Å²) in [6.07, 6.45) is 0. The first-order chi connectivity index (χ1) is 12.0. The van der Waals surface area contributed by atoms with Crippen molar-refractivity contribution >= 4 is 0 Å². The van der Waals surface area contributed by atoms with E-state index in [1.54, 1.807) is 6.07 Å². The van der Waals surface area contributed by atoms with Gasteiger partial charge >= 0.3 is 0 Å². The molecule has 4 heteroatoms. The Balaban J connectivity index is 2.09. The van der Waals surface area contributed by atoms with Gasteiger partial charge in [-0.25, -0.2) is 4.39 Å². The minimum absolute atomic E-state index is 0.386. The molecule has 0 radical (unpaired) electrons. The van der Waals surface area contributed by atoms with Crippen molar-refractivity contribution in [1.82, 2.24) is 10.6 Å². The second kappa shape index (κ2) is 8.75. The fraction of sp³-hybridized carbons (Fsp3) is 0.381. The Bertz CT molecular complexity index is 728. The molecule has 0 spiro atoms. The van der Waals surface area contributed by atoms with Crippen LogP contribution in [0.1, 0.15) is 42.0 Å². The van der Waals surface area contributed by atoms with Crippen LogP contribution in [0.3, 0.4) is 0 Å². The van der Waals surface area contributed by atoms with Gasteiger partial charge in [-0.1, -0.05) is 48.5 Å². The monoisotopic (exact) mass is 339 g/mol. The van der Waals surface area contributed by atoms with Crippen LogP contribution in [0.2, 0.25) is 0 Å². The van der Waals surface area contributed by atoms with E-state index < -0.39 is 5.67 Å². The molecule has 0 aliphatic rings. The zero-order valence-corrected chi connectivity index (χ0v) is 15.1. The molecule has 0 saturated carbocycles. The summed E-state index contributed by atoms with van der Waals surface area (Å²) in [5, 5.41) is 16.1. The Morgan fingerprint density at radius 2 is 1.64 bits per heavy atom. The van der Waals surface area contributed by atoms with E-state index in [2.05, 4.69) is 28.8 Å². The molecule has 0 amide bonds. The number of nitrogens with zero attached hydrogens (tertiary/aromatic N) is 1. The fourth-order valence-electron chi connectivity index (χ4n) is 3.01. The van der Waals surface area contributed by atoms with Crippen molar-refractivity contribution in [2.45, 2.75) is 38.5 Å². The number of nitrogens with one attached hydrogen (secondary N) is 2. The molecule has 0 heterocycles. The van der Waals surface area contributed by atoms with Gasteiger partial charge in [0.05, 0.1) is 12.0 Å². The van der Waals surface area contributed by atoms with Crippen molar-refractivity contribution < 1.29 is 4.39 Å². The van der Waals surface area contributed by atoms with Crippen LogP contribution in [0.15, 0.2) is 48.5 Å². The maximum atomic E-state index is 14.5. The molecule has 2 rings (SSSR count). The number of alkyl halides is 1. The van der Waals surface area contributed by atoms with E-state index in [1.165, 1.54) is 25.0 Å². The van der Waals surface area contributed by atoms with E-state index in [4.69, 9.17) is 0 Å². The van der Waals surface area contributed by atoms with E-state index in [-0.39, 0.29) is 5.92 Å². The highest BCUT2D eigenvalue weighted by molar-refractivity contribution is 5.37. The molecule has 1 atom stereocenters. The van der Waals surface area contributed by atoms with Gasteiger partial charge in [-0.2, -0.15) is 5.26 Å². The number of nitriles is 1. The molecule has 0 saturated heterocycles. The maximum Gasteiger partial charge on any atom is 0.130 e. The molecule has 2 N–H and O–H groups in total. The summed E-state index contributed by atoms with van der Waals surface area (Å²) < 4.78 is 14.5. The van der Waals surface area contributed by atoms with Crippen LogP contribution in [0.25, 0.3) is 0 Å². The summed E-state index contributed by atoms with van der Waals surface area (Å²) >= 11 is 0. The van der Waals surface area contributed by atoms with Gasteiger partial charge in [0, 0.05) is 19.6 Å². The van der Waals surface area contributed by atoms with Crippen molar-refractivity contribution in [2.24, 2.45) is 0 Å². The second-order valence-electron chi connectivity index (χ2n) is 6.67. The molecule has 2 aromatic carbocycles. The average Bonchev–Trinajstić information content (AvgIpc) is 2.60. The average molecular weight is 339 g/mol. The van der Waals surface area contributed by atoms with Gasteiger partial charge in [0.1, 0.15) is 5.67 Å². The second-order valence-corrected chi connectivity index (χ2v) is 6.67. The SMILES string of the molecule is CNCc1ccccc1CNCC(C#N)c1ccccc1C(C)(C)F. The van der Waals surface area contributed by atoms with Crippen LogP contribution in [0.4, 0.5) is 4.39 Å². The lowest BCUT2D eigenvalue weighted by Crippen LogP contribution is -2.24. The summed E-state index contributed by atoms with van der Waals surface area (Å²) in [6, 6.07) is 17.8. The first-order valence-electron chi connectivity index (χ1n) is 8.57. The van der Waals surface area contributed by atoms with Crippen molar-refractivity contribution in [2.75, 3.05) is 13.6 Å². The van der Waals surface area contributed by atoms with Gasteiger partial charge in [-0.15, -0.1) is 0 Å². The topological polar surface area (TPSA) is 47.8 Å². The van der Waals surface area contributed by atoms with Gasteiger partial charge < -0.3 is 10.6 Å². The quantitative estimate of drug-likeness (QED) is 0.764. The number of benzene rings is 2. The van der Waals surface area contributed by atoms with Gasteiger partial charge in [-0.05, 0) is 43.1 Å². The van der Waals surface area contributed by atoms with Crippen LogP contribution < -0.4 is 10.6 Å². The predicted octanol–water partition coefficient (Wildman–Crippen LogP) is 4.01. The van der Waals surface area contributed by atoms with E-state index >= 15 is 0 Å². The summed E-state index contributed by atoms with van der Waals surface area (Å²) in [4.78, 5) is 0. The van der Waals surface area contributed by atoms with Crippen LogP contribution in [-0.2, 0) is 18.8 Å². The predicted molar refractivity (Wildman–Crippen MR) is 99.8 cm³/mol. The van der Waals surface area contributed by atoms with Crippen LogP contribution in [0, 0.1) is 11.3 Å². The minimum Gasteiger partial charge on any atom is -0.316 e. The summed E-state index contributed by atoms with van der Waals surface area (Å²) in [6.45, 7) is 5.02. The highest BCUT2D eigenvalue weighted by Crippen LogP contribution is 2.31. The number of hydrogen-bond acceptors (Lipinski definition) is 3. The van der Waals surface area contributed by atoms with E-state index in [9.17, 15) is 9.65 Å². The molecule has 0 fully saturated rings. The van der Waals surface area contributed by atoms with Gasteiger partial charge in [0.2, 0.25) is 0 Å². The summed E-state index contributed by atoms with van der Waals surface area (Å²) in [5.41, 5.74) is 2.31. The number of hydrogen-bond donors (Lipinski definition) is 2. The van der Waals surface area contributed by atoms with Crippen molar-refractivity contribution in [1.29, 1.82) is 5.26 Å². The third-order valence-electron chi connectivity index (χ3n) is 4.28. The summed E-state index contributed by atoms with van der Waals surface area (Å²) in [7, 11) is 1.92. The third-order valence-corrected chi connectivity index (χ3v) is 4.28. The first-order valence-corrected chi connectivity index (χ1v) is 8.57. The molecule has 0 bridgehead atoms. The van der Waals surface area contributed by atoms with Crippen molar-refractivity contribution in [3.63, 3.8) is 0 Å². The molecular weight excluding hydrogens is 313 g/mol. The summed E-state index contributed by atoms with van der Waals surface area (Å²) in [5.74, 6) is -0.386. The zero-order valence-electron chi connectivity index (χ0n) is 15.1.